The van der Waals surface area contributed by atoms with Crippen molar-refractivity contribution in [3.63, 3.8) is 0 Å². The third kappa shape index (κ3) is 3.79. The number of hydrogen-bond donors (Lipinski definition) is 1. The number of nitrogens with one attached hydrogen (secondary N) is 1. The normalized spacial score (nSPS) is 17.8. The fourth-order valence-electron chi connectivity index (χ4n) is 4.07. The first-order valence-corrected chi connectivity index (χ1v) is 10.2. The van der Waals surface area contributed by atoms with Crippen molar-refractivity contribution in [3.8, 4) is 0 Å². The summed E-state index contributed by atoms with van der Waals surface area (Å²) in [5.74, 6) is -0.0189. The van der Waals surface area contributed by atoms with Crippen LogP contribution in [0.2, 0.25) is 0 Å². The summed E-state index contributed by atoms with van der Waals surface area (Å²) >= 11 is 0. The number of anilines is 1. The van der Waals surface area contributed by atoms with Gasteiger partial charge in [-0.1, -0.05) is 45.0 Å². The lowest BCUT2D eigenvalue weighted by Crippen LogP contribution is -2.45. The molecule has 1 saturated heterocycles. The first-order chi connectivity index (χ1) is 13.8. The van der Waals surface area contributed by atoms with Gasteiger partial charge in [0.25, 0.3) is 5.91 Å². The Morgan fingerprint density at radius 2 is 1.66 bits per heavy atom. The molecule has 1 fully saturated rings. The number of hydrogen-bond acceptors (Lipinski definition) is 3. The van der Waals surface area contributed by atoms with Gasteiger partial charge in [0.15, 0.2) is 0 Å². The topological polar surface area (TPSA) is 58.6 Å². The number of amides is 2. The lowest BCUT2D eigenvalue weighted by atomic mass is 9.83. The first kappa shape index (κ1) is 19.6. The van der Waals surface area contributed by atoms with Crippen LogP contribution in [-0.2, 0) is 21.7 Å². The van der Waals surface area contributed by atoms with Crippen molar-refractivity contribution >= 4 is 17.5 Å². The number of piperidine rings is 1. The lowest BCUT2D eigenvalue weighted by molar-refractivity contribution is -0.123. The van der Waals surface area contributed by atoms with Gasteiger partial charge in [0.1, 0.15) is 0 Å². The summed E-state index contributed by atoms with van der Waals surface area (Å²) in [4.78, 5) is 27.0. The molecule has 2 amide bonds. The summed E-state index contributed by atoms with van der Waals surface area (Å²) in [6, 6.07) is 15.5. The van der Waals surface area contributed by atoms with Crippen LogP contribution in [0.3, 0.4) is 0 Å². The maximum atomic E-state index is 12.9. The summed E-state index contributed by atoms with van der Waals surface area (Å²) in [6.07, 6.45) is 1.63. The van der Waals surface area contributed by atoms with Crippen molar-refractivity contribution < 1.29 is 14.3 Å². The van der Waals surface area contributed by atoms with Gasteiger partial charge in [-0.15, -0.1) is 0 Å². The van der Waals surface area contributed by atoms with E-state index in [2.05, 4.69) is 23.5 Å². The van der Waals surface area contributed by atoms with Gasteiger partial charge in [-0.05, 0) is 48.2 Å². The molecule has 5 nitrogen and oxygen atoms in total. The molecule has 2 aliphatic rings. The molecule has 0 radical (unpaired) electrons. The van der Waals surface area contributed by atoms with Gasteiger partial charge in [-0.3, -0.25) is 9.59 Å². The van der Waals surface area contributed by atoms with E-state index in [0.717, 1.165) is 12.8 Å². The highest BCUT2D eigenvalue weighted by atomic mass is 16.5. The molecule has 152 valence electrons. The number of carbonyl (C=O) groups is 2. The third-order valence-corrected chi connectivity index (χ3v) is 5.94. The van der Waals surface area contributed by atoms with Crippen molar-refractivity contribution in [2.75, 3.05) is 18.4 Å². The number of likely N-dealkylation sites (tertiary alicyclic amines) is 1. The Morgan fingerprint density at radius 3 is 2.31 bits per heavy atom. The second kappa shape index (κ2) is 7.30. The highest BCUT2D eigenvalue weighted by molar-refractivity contribution is 5.97. The van der Waals surface area contributed by atoms with Gasteiger partial charge in [0.2, 0.25) is 5.91 Å². The summed E-state index contributed by atoms with van der Waals surface area (Å²) in [7, 11) is 0. The first-order valence-electron chi connectivity index (χ1n) is 10.2. The van der Waals surface area contributed by atoms with E-state index in [1.54, 1.807) is 24.3 Å². The van der Waals surface area contributed by atoms with Crippen molar-refractivity contribution in [2.45, 2.75) is 45.8 Å². The maximum absolute atomic E-state index is 12.9. The van der Waals surface area contributed by atoms with Crippen LogP contribution in [0.4, 0.5) is 5.69 Å². The number of carbonyl (C=O) groups excluding carboxylic acids is 2. The molecule has 0 saturated carbocycles. The second-order valence-electron chi connectivity index (χ2n) is 9.01. The van der Waals surface area contributed by atoms with Gasteiger partial charge in [-0.2, -0.15) is 0 Å². The van der Waals surface area contributed by atoms with E-state index in [1.807, 2.05) is 31.7 Å². The van der Waals surface area contributed by atoms with Crippen molar-refractivity contribution in [1.29, 1.82) is 0 Å². The maximum Gasteiger partial charge on any atom is 0.253 e. The Kier molecular flexibility index (Phi) is 4.95. The van der Waals surface area contributed by atoms with Crippen LogP contribution < -0.4 is 5.32 Å². The van der Waals surface area contributed by atoms with E-state index in [1.165, 1.54) is 11.1 Å². The van der Waals surface area contributed by atoms with Crippen molar-refractivity contribution in [1.82, 2.24) is 4.90 Å². The zero-order valence-electron chi connectivity index (χ0n) is 17.3. The van der Waals surface area contributed by atoms with E-state index in [-0.39, 0.29) is 17.4 Å². The molecular formula is C24H28N2O3. The summed E-state index contributed by atoms with van der Waals surface area (Å²) < 4.78 is 6.19. The second-order valence-corrected chi connectivity index (χ2v) is 9.01. The highest BCUT2D eigenvalue weighted by Crippen LogP contribution is 2.44. The van der Waals surface area contributed by atoms with E-state index in [0.29, 0.717) is 30.9 Å². The molecule has 0 atom stereocenters. The third-order valence-electron chi connectivity index (χ3n) is 5.94. The monoisotopic (exact) mass is 392 g/mol. The van der Waals surface area contributed by atoms with Gasteiger partial charge in [0, 0.05) is 29.8 Å². The molecule has 1 spiro atoms. The number of nitrogens with zero attached hydrogens (tertiary/aromatic N) is 1. The molecule has 2 aromatic rings. The molecule has 5 heteroatoms. The molecule has 29 heavy (non-hydrogen) atoms. The molecule has 0 aromatic heterocycles. The molecule has 2 aromatic carbocycles. The largest absolute Gasteiger partial charge is 0.365 e. The molecule has 2 heterocycles. The zero-order chi connectivity index (χ0) is 20.6. The standard InChI is InChI=1S/C24H28N2O3/c1-23(2,3)22(28)25-19-10-8-17(9-11-19)21(27)26-14-12-24(13-15-26)20-7-5-4-6-18(20)16-29-24/h4-11H,12-16H2,1-3H3,(H,25,28). The van der Waals surface area contributed by atoms with E-state index in [9.17, 15) is 9.59 Å². The van der Waals surface area contributed by atoms with Gasteiger partial charge < -0.3 is 15.0 Å². The van der Waals surface area contributed by atoms with E-state index >= 15 is 0 Å². The lowest BCUT2D eigenvalue weighted by Gasteiger charge is -2.39. The van der Waals surface area contributed by atoms with Crippen LogP contribution in [0.1, 0.15) is 55.1 Å². The molecule has 2 aliphatic heterocycles. The molecule has 1 N–H and O–H groups in total. The van der Waals surface area contributed by atoms with E-state index in [4.69, 9.17) is 4.74 Å². The SMILES string of the molecule is CC(C)(C)C(=O)Nc1ccc(C(=O)N2CCC3(CC2)OCc2ccccc23)cc1. The number of benzene rings is 2. The van der Waals surface area contributed by atoms with E-state index < -0.39 is 5.41 Å². The van der Waals surface area contributed by atoms with Gasteiger partial charge in [0.05, 0.1) is 12.2 Å². The minimum absolute atomic E-state index is 0.0276. The summed E-state index contributed by atoms with van der Waals surface area (Å²) in [6.45, 7) is 7.62. The summed E-state index contributed by atoms with van der Waals surface area (Å²) in [5, 5.41) is 2.89. The average molecular weight is 392 g/mol. The zero-order valence-corrected chi connectivity index (χ0v) is 17.3. The van der Waals surface area contributed by atoms with Crippen LogP contribution in [0.15, 0.2) is 48.5 Å². The van der Waals surface area contributed by atoms with Crippen LogP contribution in [0.5, 0.6) is 0 Å². The van der Waals surface area contributed by atoms with Crippen LogP contribution >= 0.6 is 0 Å². The fourth-order valence-corrected chi connectivity index (χ4v) is 4.07. The predicted molar refractivity (Wildman–Crippen MR) is 113 cm³/mol. The number of fused-ring (bicyclic) bond motifs is 2. The Morgan fingerprint density at radius 1 is 1.00 bits per heavy atom. The van der Waals surface area contributed by atoms with Gasteiger partial charge in [-0.25, -0.2) is 0 Å². The molecule has 0 bridgehead atoms. The number of ether oxygens (including phenoxy) is 1. The molecule has 4 rings (SSSR count). The quantitative estimate of drug-likeness (QED) is 0.827. The predicted octanol–water partition coefficient (Wildman–Crippen LogP) is 4.33. The summed E-state index contributed by atoms with van der Waals surface area (Å²) in [5.41, 5.74) is 3.19. The fraction of sp³-hybridized carbons (Fsp3) is 0.417. The molecule has 0 unspecified atom stereocenters. The molecule has 0 aliphatic carbocycles. The Balaban J connectivity index is 1.40. The van der Waals surface area contributed by atoms with Crippen LogP contribution in [-0.4, -0.2) is 29.8 Å². The van der Waals surface area contributed by atoms with Crippen molar-refractivity contribution in [3.05, 3.63) is 65.2 Å². The molecular weight excluding hydrogens is 364 g/mol. The minimum Gasteiger partial charge on any atom is -0.365 e. The number of rotatable bonds is 2. The Hall–Kier alpha value is -2.66. The van der Waals surface area contributed by atoms with Gasteiger partial charge >= 0.3 is 0 Å². The highest BCUT2D eigenvalue weighted by Gasteiger charge is 2.43. The van der Waals surface area contributed by atoms with Crippen molar-refractivity contribution in [2.24, 2.45) is 5.41 Å². The Bertz CT molecular complexity index is 920. The van der Waals surface area contributed by atoms with Crippen LogP contribution in [0, 0.1) is 5.41 Å². The average Bonchev–Trinajstić information content (AvgIpc) is 3.06. The minimum atomic E-state index is -0.459. The van der Waals surface area contributed by atoms with Crippen LogP contribution in [0.25, 0.3) is 0 Å². The Labute approximate surface area is 172 Å². The smallest absolute Gasteiger partial charge is 0.253 e.